The molecule has 322 valence electrons. The minimum Gasteiger partial charge on any atom is -0.481 e. The van der Waals surface area contributed by atoms with Crippen LogP contribution in [0.1, 0.15) is 84.5 Å². The van der Waals surface area contributed by atoms with Gasteiger partial charge < -0.3 is 69.1 Å². The lowest BCUT2D eigenvalue weighted by Gasteiger charge is -2.29. The molecule has 57 heavy (non-hydrogen) atoms. The van der Waals surface area contributed by atoms with Gasteiger partial charge in [0.2, 0.25) is 41.4 Å². The highest BCUT2D eigenvalue weighted by atomic mass is 16.4. The van der Waals surface area contributed by atoms with Gasteiger partial charge >= 0.3 is 17.9 Å². The Morgan fingerprint density at radius 2 is 0.877 bits per heavy atom. The average Bonchev–Trinajstić information content (AvgIpc) is 3.14. The number of carboxylic acids is 3. The molecule has 23 heteroatoms. The number of aliphatic hydroxyl groups is 1. The Kier molecular flexibility index (Phi) is 22.3. The first kappa shape index (κ1) is 49.6. The molecule has 0 saturated carbocycles. The summed E-state index contributed by atoms with van der Waals surface area (Å²) in [6, 6.07) is -11.7. The van der Waals surface area contributed by atoms with E-state index in [1.165, 1.54) is 0 Å². The molecule has 1 saturated heterocycles. The molecule has 1 aliphatic rings. The molecule has 0 aromatic carbocycles. The van der Waals surface area contributed by atoms with Crippen molar-refractivity contribution in [1.82, 2.24) is 37.2 Å². The molecule has 0 radical (unpaired) electrons. The monoisotopic (exact) mass is 815 g/mol. The summed E-state index contributed by atoms with van der Waals surface area (Å²) in [5, 5.41) is 54.7. The topological polar surface area (TPSA) is 388 Å². The summed E-state index contributed by atoms with van der Waals surface area (Å²) in [4.78, 5) is 130. The number of aliphatic carboxylic acids is 3. The minimum absolute atomic E-state index is 0.0554. The molecule has 1 heterocycles. The van der Waals surface area contributed by atoms with Gasteiger partial charge in [-0.2, -0.15) is 0 Å². The lowest BCUT2D eigenvalue weighted by Crippen LogP contribution is -2.61. The average molecular weight is 816 g/mol. The van der Waals surface area contributed by atoms with Gasteiger partial charge in [0.1, 0.15) is 42.3 Å². The number of hydrogen-bond acceptors (Lipinski definition) is 13. The zero-order valence-electron chi connectivity index (χ0n) is 32.0. The van der Waals surface area contributed by atoms with E-state index in [2.05, 4.69) is 37.2 Å². The van der Waals surface area contributed by atoms with Crippen molar-refractivity contribution in [3.8, 4) is 0 Å². The van der Waals surface area contributed by atoms with E-state index in [-0.39, 0.29) is 45.2 Å². The Morgan fingerprint density at radius 1 is 0.526 bits per heavy atom. The molecule has 0 aromatic rings. The fraction of sp³-hybridized carbons (Fsp3) is 0.706. The molecule has 1 fully saturated rings. The number of hydrogen-bond donors (Lipinski definition) is 13. The third kappa shape index (κ3) is 17.9. The van der Waals surface area contributed by atoms with Gasteiger partial charge in [-0.25, -0.2) is 0 Å². The highest BCUT2D eigenvalue weighted by Gasteiger charge is 2.37. The van der Waals surface area contributed by atoms with Crippen LogP contribution < -0.4 is 48.7 Å². The summed E-state index contributed by atoms with van der Waals surface area (Å²) in [7, 11) is 0. The number of nitrogens with two attached hydrogens (primary N) is 2. The fourth-order valence-corrected chi connectivity index (χ4v) is 5.60. The number of amides is 7. The molecule has 0 unspecified atom stereocenters. The third-order valence-corrected chi connectivity index (χ3v) is 9.07. The first-order valence-electron chi connectivity index (χ1n) is 18.7. The van der Waals surface area contributed by atoms with Crippen molar-refractivity contribution < 1.29 is 68.4 Å². The molecule has 15 N–H and O–H groups in total. The van der Waals surface area contributed by atoms with E-state index in [1.54, 1.807) is 13.8 Å². The maximum atomic E-state index is 13.8. The van der Waals surface area contributed by atoms with Crippen LogP contribution in [0.25, 0.3) is 0 Å². The fourth-order valence-electron chi connectivity index (χ4n) is 5.60. The van der Waals surface area contributed by atoms with Gasteiger partial charge in [-0.05, 0) is 64.0 Å². The Labute approximate surface area is 328 Å². The molecule has 0 bridgehead atoms. The van der Waals surface area contributed by atoms with Crippen LogP contribution in [0.15, 0.2) is 0 Å². The number of carbonyl (C=O) groups excluding carboxylic acids is 7. The van der Waals surface area contributed by atoms with E-state index in [1.807, 2.05) is 0 Å². The van der Waals surface area contributed by atoms with Crippen LogP contribution in [0.4, 0.5) is 0 Å². The maximum absolute atomic E-state index is 13.8. The zero-order chi connectivity index (χ0) is 43.2. The number of carboxylic acid groups (broad SMARTS) is 3. The molecule has 1 aliphatic heterocycles. The van der Waals surface area contributed by atoms with Gasteiger partial charge in [-0.3, -0.25) is 47.9 Å². The predicted molar refractivity (Wildman–Crippen MR) is 197 cm³/mol. The summed E-state index contributed by atoms with van der Waals surface area (Å²) >= 11 is 0. The third-order valence-electron chi connectivity index (χ3n) is 9.07. The summed E-state index contributed by atoms with van der Waals surface area (Å²) in [6.07, 6.45) is -2.00. The zero-order valence-corrected chi connectivity index (χ0v) is 32.0. The minimum atomic E-state index is -1.94. The quantitative estimate of drug-likeness (QED) is 0.0580. The van der Waals surface area contributed by atoms with Gasteiger partial charge in [-0.1, -0.05) is 20.3 Å². The van der Waals surface area contributed by atoms with Gasteiger partial charge in [0.25, 0.3) is 0 Å². The van der Waals surface area contributed by atoms with Crippen molar-refractivity contribution in [2.45, 2.75) is 127 Å². The molecule has 1 rings (SSSR count). The highest BCUT2D eigenvalue weighted by molar-refractivity contribution is 6.00. The Hall–Kier alpha value is -5.42. The first-order valence-corrected chi connectivity index (χ1v) is 18.7. The van der Waals surface area contributed by atoms with E-state index in [9.17, 15) is 68.4 Å². The van der Waals surface area contributed by atoms with Crippen LogP contribution in [0.2, 0.25) is 0 Å². The smallest absolute Gasteiger partial charge is 0.305 e. The summed E-state index contributed by atoms with van der Waals surface area (Å²) in [6.45, 7) is 2.55. The molecule has 23 nitrogen and oxygen atoms in total. The molecular weight excluding hydrogens is 758 g/mol. The van der Waals surface area contributed by atoms with Crippen molar-refractivity contribution in [3.05, 3.63) is 0 Å². The second-order valence-electron chi connectivity index (χ2n) is 13.6. The van der Waals surface area contributed by atoms with Gasteiger partial charge in [-0.15, -0.1) is 0 Å². The number of aliphatic hydroxyl groups excluding tert-OH is 1. The molecular formula is C34H57N9O14. The van der Waals surface area contributed by atoms with Crippen molar-refractivity contribution >= 4 is 59.3 Å². The predicted octanol–water partition coefficient (Wildman–Crippen LogP) is -4.50. The van der Waals surface area contributed by atoms with Crippen LogP contribution in [0, 0.1) is 5.92 Å². The first-order chi connectivity index (χ1) is 26.9. The van der Waals surface area contributed by atoms with Crippen LogP contribution in [0.5, 0.6) is 0 Å². The van der Waals surface area contributed by atoms with Crippen molar-refractivity contribution in [2.75, 3.05) is 19.7 Å². The molecule has 8 atom stereocenters. The van der Waals surface area contributed by atoms with E-state index in [0.29, 0.717) is 12.8 Å². The van der Waals surface area contributed by atoms with E-state index < -0.39 is 140 Å². The summed E-state index contributed by atoms with van der Waals surface area (Å²) < 4.78 is 0. The Bertz CT molecular complexity index is 1450. The van der Waals surface area contributed by atoms with Crippen LogP contribution in [0.3, 0.4) is 0 Å². The molecule has 7 amide bonds. The number of unbranched alkanes of at least 4 members (excludes halogenated alkanes) is 2. The van der Waals surface area contributed by atoms with Gasteiger partial charge in [0.05, 0.1) is 19.4 Å². The van der Waals surface area contributed by atoms with Crippen LogP contribution >= 0.6 is 0 Å². The summed E-state index contributed by atoms with van der Waals surface area (Å²) in [5.41, 5.74) is 11.2. The Balaban J connectivity index is 3.91. The maximum Gasteiger partial charge on any atom is 0.305 e. The second kappa shape index (κ2) is 25.7. The SMILES string of the molecule is CC[C@H](C)[C@@H]1NC(=O)[C@H](CCCCN)NC(=O)[C@H](CCC(=O)O)NC(=O)[C@H](CO)NC(=O)[C@H](CCCCN)NC(=O)[C@H](CC(=O)O)NC(=O)[C@H](CC(=O)O)NC1=O. The molecule has 0 aromatic heterocycles. The van der Waals surface area contributed by atoms with E-state index in [0.717, 1.165) is 0 Å². The van der Waals surface area contributed by atoms with E-state index in [4.69, 9.17) is 11.5 Å². The van der Waals surface area contributed by atoms with Crippen molar-refractivity contribution in [1.29, 1.82) is 0 Å². The standard InChI is InChI=1S/C34H57N9O14/c1-3-17(2)27-34(57)41-22(15-26(49)50)32(55)40-21(14-25(47)48)31(54)38-18(8-4-6-12-35)28(51)42-23(16-44)33(56)39-20(10-11-24(45)46)29(52)37-19(30(53)43-27)9-5-7-13-36/h17-23,27,44H,3-16,35-36H2,1-2H3,(H,37,52)(H,38,54)(H,39,56)(H,40,55)(H,41,57)(H,42,51)(H,43,53)(H,45,46)(H,47,48)(H,49,50)/t17-,18-,19-,20-,21-,22-,23-,27-/m0/s1. The van der Waals surface area contributed by atoms with Crippen LogP contribution in [-0.2, 0) is 47.9 Å². The number of carbonyl (C=O) groups is 10. The highest BCUT2D eigenvalue weighted by Crippen LogP contribution is 2.12. The lowest BCUT2D eigenvalue weighted by atomic mass is 9.96. The van der Waals surface area contributed by atoms with Gasteiger partial charge in [0.15, 0.2) is 0 Å². The largest absolute Gasteiger partial charge is 0.481 e. The van der Waals surface area contributed by atoms with Gasteiger partial charge in [0, 0.05) is 6.42 Å². The summed E-state index contributed by atoms with van der Waals surface area (Å²) in [5.74, 6) is -13.0. The van der Waals surface area contributed by atoms with Crippen LogP contribution in [-0.4, -0.2) is 142 Å². The van der Waals surface area contributed by atoms with Crippen molar-refractivity contribution in [2.24, 2.45) is 17.4 Å². The number of nitrogens with one attached hydrogen (secondary N) is 7. The normalized spacial score (nSPS) is 25.2. The van der Waals surface area contributed by atoms with Crippen molar-refractivity contribution in [3.63, 3.8) is 0 Å². The molecule has 0 aliphatic carbocycles. The lowest BCUT2D eigenvalue weighted by molar-refractivity contribution is -0.144. The van der Waals surface area contributed by atoms with E-state index >= 15 is 0 Å². The number of rotatable bonds is 18. The Morgan fingerprint density at radius 3 is 1.26 bits per heavy atom. The molecule has 0 spiro atoms. The second-order valence-corrected chi connectivity index (χ2v) is 13.6.